The maximum absolute atomic E-state index is 12.1. The van der Waals surface area contributed by atoms with E-state index < -0.39 is 0 Å². The van der Waals surface area contributed by atoms with Crippen molar-refractivity contribution < 1.29 is 9.59 Å². The van der Waals surface area contributed by atoms with Gasteiger partial charge in [0.1, 0.15) is 5.69 Å². The fourth-order valence-corrected chi connectivity index (χ4v) is 1.55. The van der Waals surface area contributed by atoms with Gasteiger partial charge in [0.25, 0.3) is 5.91 Å². The van der Waals surface area contributed by atoms with Crippen molar-refractivity contribution in [2.24, 2.45) is 0 Å². The predicted octanol–water partition coefficient (Wildman–Crippen LogP) is 2.10. The molecule has 0 aliphatic rings. The van der Waals surface area contributed by atoms with E-state index in [4.69, 9.17) is 0 Å². The van der Waals surface area contributed by atoms with Crippen LogP contribution >= 0.6 is 0 Å². The molecule has 0 spiro atoms. The molecule has 0 aliphatic heterocycles. The van der Waals surface area contributed by atoms with Gasteiger partial charge in [-0.3, -0.25) is 9.59 Å². The minimum atomic E-state index is -0.177. The molecule has 1 N–H and O–H groups in total. The number of hydrogen-bond acceptors (Lipinski definition) is 2. The van der Waals surface area contributed by atoms with Crippen LogP contribution in [0.25, 0.3) is 0 Å². The van der Waals surface area contributed by atoms with E-state index in [0.717, 1.165) is 5.69 Å². The fourth-order valence-electron chi connectivity index (χ4n) is 1.55. The molecule has 1 amide bonds. The highest BCUT2D eigenvalue weighted by Crippen LogP contribution is 2.14. The first-order valence-electron chi connectivity index (χ1n) is 5.19. The minimum Gasteiger partial charge on any atom is -0.356 e. The lowest BCUT2D eigenvalue weighted by molar-refractivity contribution is 0.0989. The van der Waals surface area contributed by atoms with Gasteiger partial charge >= 0.3 is 0 Å². The zero-order chi connectivity index (χ0) is 12.3. The summed E-state index contributed by atoms with van der Waals surface area (Å²) in [4.78, 5) is 26.9. The van der Waals surface area contributed by atoms with Gasteiger partial charge in [0, 0.05) is 24.5 Å². The molecule has 2 aromatic rings. The van der Waals surface area contributed by atoms with Crippen molar-refractivity contribution in [2.45, 2.75) is 0 Å². The smallest absolute Gasteiger partial charge is 0.274 e. The zero-order valence-corrected chi connectivity index (χ0v) is 9.38. The van der Waals surface area contributed by atoms with Gasteiger partial charge in [-0.15, -0.1) is 0 Å². The number of hydrogen-bond donors (Lipinski definition) is 1. The second kappa shape index (κ2) is 4.65. The van der Waals surface area contributed by atoms with E-state index >= 15 is 0 Å². The molecule has 1 heterocycles. The van der Waals surface area contributed by atoms with Crippen LogP contribution in [-0.4, -0.2) is 24.2 Å². The first-order chi connectivity index (χ1) is 8.22. The van der Waals surface area contributed by atoms with Crippen molar-refractivity contribution in [2.75, 3.05) is 11.9 Å². The van der Waals surface area contributed by atoms with Crippen molar-refractivity contribution in [3.05, 3.63) is 53.9 Å². The predicted molar refractivity (Wildman–Crippen MR) is 65.4 cm³/mol. The third-order valence-electron chi connectivity index (χ3n) is 2.52. The van der Waals surface area contributed by atoms with Crippen molar-refractivity contribution in [3.63, 3.8) is 0 Å². The third kappa shape index (κ3) is 2.25. The van der Waals surface area contributed by atoms with E-state index in [1.54, 1.807) is 7.05 Å². The van der Waals surface area contributed by atoms with E-state index in [1.807, 2.05) is 30.3 Å². The van der Waals surface area contributed by atoms with Crippen molar-refractivity contribution >= 4 is 17.9 Å². The molecule has 0 atom stereocenters. The number of amides is 1. The molecular weight excluding hydrogens is 216 g/mol. The largest absolute Gasteiger partial charge is 0.356 e. The number of carbonyl (C=O) groups excluding carboxylic acids is 2. The molecule has 2 rings (SSSR count). The number of aromatic amines is 1. The van der Waals surface area contributed by atoms with Gasteiger partial charge in [0.15, 0.2) is 6.29 Å². The highest BCUT2D eigenvalue weighted by atomic mass is 16.2. The Morgan fingerprint density at radius 1 is 1.29 bits per heavy atom. The Balaban J connectivity index is 2.23. The van der Waals surface area contributed by atoms with Gasteiger partial charge in [-0.25, -0.2) is 0 Å². The molecule has 0 saturated carbocycles. The summed E-state index contributed by atoms with van der Waals surface area (Å²) in [6, 6.07) is 10.9. The van der Waals surface area contributed by atoms with Crippen LogP contribution in [0.1, 0.15) is 20.8 Å². The van der Waals surface area contributed by atoms with Crippen LogP contribution in [0.2, 0.25) is 0 Å². The first-order valence-corrected chi connectivity index (χ1v) is 5.19. The summed E-state index contributed by atoms with van der Waals surface area (Å²) in [6.45, 7) is 0. The van der Waals surface area contributed by atoms with Crippen LogP contribution in [0, 0.1) is 0 Å². The molecule has 4 heteroatoms. The fraction of sp³-hybridized carbons (Fsp3) is 0.0769. The zero-order valence-electron chi connectivity index (χ0n) is 9.38. The number of H-pyrrole nitrogens is 1. The average Bonchev–Trinajstić information content (AvgIpc) is 2.87. The molecule has 4 nitrogen and oxygen atoms in total. The Morgan fingerprint density at radius 3 is 2.59 bits per heavy atom. The number of benzene rings is 1. The van der Waals surface area contributed by atoms with Gasteiger partial charge in [-0.05, 0) is 18.2 Å². The molecular formula is C13H12N2O2. The van der Waals surface area contributed by atoms with E-state index in [0.29, 0.717) is 17.5 Å². The highest BCUT2D eigenvalue weighted by molar-refractivity contribution is 6.05. The summed E-state index contributed by atoms with van der Waals surface area (Å²) < 4.78 is 0. The lowest BCUT2D eigenvalue weighted by Gasteiger charge is -2.16. The van der Waals surface area contributed by atoms with Crippen LogP contribution in [-0.2, 0) is 0 Å². The first kappa shape index (κ1) is 11.1. The van der Waals surface area contributed by atoms with Crippen LogP contribution in [0.4, 0.5) is 5.69 Å². The normalized spacial score (nSPS) is 9.94. The van der Waals surface area contributed by atoms with Gasteiger partial charge in [0.05, 0.1) is 0 Å². The molecule has 1 aromatic heterocycles. The maximum Gasteiger partial charge on any atom is 0.274 e. The SMILES string of the molecule is CN(C(=O)c1cc(C=O)c[nH]1)c1ccccc1. The Bertz CT molecular complexity index is 531. The summed E-state index contributed by atoms with van der Waals surface area (Å²) in [5.41, 5.74) is 1.67. The summed E-state index contributed by atoms with van der Waals surface area (Å²) in [5.74, 6) is -0.177. The van der Waals surface area contributed by atoms with Gasteiger partial charge in [-0.2, -0.15) is 0 Å². The topological polar surface area (TPSA) is 53.2 Å². The number of para-hydroxylation sites is 1. The molecule has 86 valence electrons. The third-order valence-corrected chi connectivity index (χ3v) is 2.52. The number of aldehydes is 1. The number of nitrogens with zero attached hydrogens (tertiary/aromatic N) is 1. The molecule has 1 aromatic carbocycles. The Hall–Kier alpha value is -2.36. The number of rotatable bonds is 3. The quantitative estimate of drug-likeness (QED) is 0.818. The lowest BCUT2D eigenvalue weighted by atomic mass is 10.2. The van der Waals surface area contributed by atoms with E-state index in [1.165, 1.54) is 17.2 Å². The lowest BCUT2D eigenvalue weighted by Crippen LogP contribution is -2.26. The summed E-state index contributed by atoms with van der Waals surface area (Å²) in [7, 11) is 1.69. The second-order valence-corrected chi connectivity index (χ2v) is 3.66. The van der Waals surface area contributed by atoms with Gasteiger partial charge in [0.2, 0.25) is 0 Å². The number of nitrogens with one attached hydrogen (secondary N) is 1. The number of carbonyl (C=O) groups is 2. The summed E-state index contributed by atoms with van der Waals surface area (Å²) in [6.07, 6.45) is 2.22. The van der Waals surface area contributed by atoms with Crippen LogP contribution in [0.5, 0.6) is 0 Å². The van der Waals surface area contributed by atoms with E-state index in [9.17, 15) is 9.59 Å². The molecule has 0 saturated heterocycles. The minimum absolute atomic E-state index is 0.177. The summed E-state index contributed by atoms with van der Waals surface area (Å²) in [5, 5.41) is 0. The Kier molecular flexibility index (Phi) is 3.05. The van der Waals surface area contributed by atoms with E-state index in [2.05, 4.69) is 4.98 Å². The average molecular weight is 228 g/mol. The van der Waals surface area contributed by atoms with Crippen molar-refractivity contribution in [3.8, 4) is 0 Å². The van der Waals surface area contributed by atoms with Gasteiger partial charge < -0.3 is 9.88 Å². The maximum atomic E-state index is 12.1. The molecule has 0 fully saturated rings. The molecule has 0 unspecified atom stereocenters. The van der Waals surface area contributed by atoms with Crippen LogP contribution < -0.4 is 4.90 Å². The number of anilines is 1. The number of aromatic nitrogens is 1. The van der Waals surface area contributed by atoms with Gasteiger partial charge in [-0.1, -0.05) is 18.2 Å². The van der Waals surface area contributed by atoms with Crippen molar-refractivity contribution in [1.29, 1.82) is 0 Å². The molecule has 0 radical (unpaired) electrons. The highest BCUT2D eigenvalue weighted by Gasteiger charge is 2.14. The standard InChI is InChI=1S/C13H12N2O2/c1-15(11-5-3-2-4-6-11)13(17)12-7-10(9-16)8-14-12/h2-9,14H,1H3. The monoisotopic (exact) mass is 228 g/mol. The Labute approximate surface area is 98.9 Å². The Morgan fingerprint density at radius 2 is 2.00 bits per heavy atom. The molecule has 0 aliphatic carbocycles. The molecule has 0 bridgehead atoms. The van der Waals surface area contributed by atoms with Crippen LogP contribution in [0.15, 0.2) is 42.6 Å². The van der Waals surface area contributed by atoms with Crippen molar-refractivity contribution in [1.82, 2.24) is 4.98 Å². The summed E-state index contributed by atoms with van der Waals surface area (Å²) >= 11 is 0. The van der Waals surface area contributed by atoms with Crippen LogP contribution in [0.3, 0.4) is 0 Å². The second-order valence-electron chi connectivity index (χ2n) is 3.66. The van der Waals surface area contributed by atoms with E-state index in [-0.39, 0.29) is 5.91 Å². The molecule has 17 heavy (non-hydrogen) atoms.